The van der Waals surface area contributed by atoms with Gasteiger partial charge >= 0.3 is 0 Å². The van der Waals surface area contributed by atoms with Crippen LogP contribution in [0.15, 0.2) is 18.2 Å². The third kappa shape index (κ3) is 3.72. The van der Waals surface area contributed by atoms with E-state index >= 15 is 0 Å². The lowest BCUT2D eigenvalue weighted by molar-refractivity contribution is 0.418. The van der Waals surface area contributed by atoms with Crippen molar-refractivity contribution in [3.8, 4) is 0 Å². The zero-order chi connectivity index (χ0) is 14.9. The highest BCUT2D eigenvalue weighted by Gasteiger charge is 2.31. The van der Waals surface area contributed by atoms with Crippen LogP contribution in [0.3, 0.4) is 0 Å². The van der Waals surface area contributed by atoms with E-state index in [1.165, 1.54) is 12.8 Å². The highest BCUT2D eigenvalue weighted by Crippen LogP contribution is 2.37. The minimum absolute atomic E-state index is 0.0137. The fraction of sp³-hybridized carbons (Fsp3) is 0.647. The van der Waals surface area contributed by atoms with Crippen LogP contribution >= 0.6 is 0 Å². The Bertz CT molecular complexity index is 461. The summed E-state index contributed by atoms with van der Waals surface area (Å²) in [6.07, 6.45) is 2.60. The molecule has 0 aliphatic heterocycles. The Morgan fingerprint density at radius 1 is 1.35 bits per heavy atom. The molecule has 112 valence electrons. The molecule has 1 aromatic carbocycles. The lowest BCUT2D eigenvalue weighted by Crippen LogP contribution is -2.37. The normalized spacial score (nSPS) is 17.1. The molecule has 1 aromatic rings. The number of benzene rings is 1. The molecular formula is C17H27FN2. The van der Waals surface area contributed by atoms with E-state index in [-0.39, 0.29) is 11.4 Å². The number of rotatable bonds is 5. The molecule has 1 fully saturated rings. The fourth-order valence-corrected chi connectivity index (χ4v) is 2.52. The summed E-state index contributed by atoms with van der Waals surface area (Å²) in [5, 5.41) is 3.39. The first-order chi connectivity index (χ1) is 9.29. The average molecular weight is 278 g/mol. The Morgan fingerprint density at radius 2 is 2.00 bits per heavy atom. The second kappa shape index (κ2) is 5.72. The van der Waals surface area contributed by atoms with E-state index in [0.717, 1.165) is 17.2 Å². The number of nitrogens with zero attached hydrogens (tertiary/aromatic N) is 1. The highest BCUT2D eigenvalue weighted by atomic mass is 19.1. The predicted molar refractivity (Wildman–Crippen MR) is 83.6 cm³/mol. The van der Waals surface area contributed by atoms with Gasteiger partial charge in [0.1, 0.15) is 5.82 Å². The number of hydrogen-bond donors (Lipinski definition) is 1. The van der Waals surface area contributed by atoms with Crippen LogP contribution in [-0.4, -0.2) is 18.6 Å². The summed E-state index contributed by atoms with van der Waals surface area (Å²) in [5.74, 6) is 0.654. The Hall–Kier alpha value is -1.09. The number of nitrogens with one attached hydrogen (secondary N) is 1. The first-order valence-corrected chi connectivity index (χ1v) is 7.55. The quantitative estimate of drug-likeness (QED) is 0.877. The molecule has 0 aromatic heterocycles. The summed E-state index contributed by atoms with van der Waals surface area (Å²) in [6, 6.07) is 5.87. The number of anilines is 1. The second-order valence-corrected chi connectivity index (χ2v) is 7.03. The largest absolute Gasteiger partial charge is 0.371 e. The highest BCUT2D eigenvalue weighted by molar-refractivity contribution is 5.54. The summed E-state index contributed by atoms with van der Waals surface area (Å²) in [7, 11) is 2.08. The topological polar surface area (TPSA) is 15.3 Å². The molecule has 2 nitrogen and oxygen atoms in total. The molecule has 0 radical (unpaired) electrons. The van der Waals surface area contributed by atoms with Crippen LogP contribution in [-0.2, 0) is 6.54 Å². The van der Waals surface area contributed by atoms with Crippen molar-refractivity contribution in [3.05, 3.63) is 29.6 Å². The van der Waals surface area contributed by atoms with Gasteiger partial charge in [0.25, 0.3) is 0 Å². The molecule has 0 spiro atoms. The van der Waals surface area contributed by atoms with E-state index in [1.54, 1.807) is 12.1 Å². The monoisotopic (exact) mass is 278 g/mol. The van der Waals surface area contributed by atoms with E-state index in [2.05, 4.69) is 45.0 Å². The van der Waals surface area contributed by atoms with Gasteiger partial charge < -0.3 is 10.2 Å². The van der Waals surface area contributed by atoms with E-state index in [9.17, 15) is 4.39 Å². The average Bonchev–Trinajstić information content (AvgIpc) is 3.18. The fourth-order valence-electron chi connectivity index (χ4n) is 2.52. The van der Waals surface area contributed by atoms with Crippen LogP contribution in [0.25, 0.3) is 0 Å². The summed E-state index contributed by atoms with van der Waals surface area (Å²) in [5.41, 5.74) is 1.78. The minimum Gasteiger partial charge on any atom is -0.371 e. The lowest BCUT2D eigenvalue weighted by Gasteiger charge is -2.30. The van der Waals surface area contributed by atoms with Crippen molar-refractivity contribution in [2.24, 2.45) is 5.92 Å². The van der Waals surface area contributed by atoms with Crippen LogP contribution in [0, 0.1) is 11.7 Å². The van der Waals surface area contributed by atoms with Crippen LogP contribution in [0.2, 0.25) is 0 Å². The van der Waals surface area contributed by atoms with Crippen molar-refractivity contribution in [2.45, 2.75) is 58.7 Å². The molecular weight excluding hydrogens is 251 g/mol. The Labute approximate surface area is 122 Å². The molecule has 0 heterocycles. The van der Waals surface area contributed by atoms with Crippen molar-refractivity contribution < 1.29 is 4.39 Å². The molecule has 0 saturated heterocycles. The summed E-state index contributed by atoms with van der Waals surface area (Å²) < 4.78 is 14.2. The molecule has 0 bridgehead atoms. The third-order valence-corrected chi connectivity index (χ3v) is 4.18. The van der Waals surface area contributed by atoms with Crippen molar-refractivity contribution in [1.82, 2.24) is 5.32 Å². The van der Waals surface area contributed by atoms with Gasteiger partial charge in [-0.3, -0.25) is 0 Å². The third-order valence-electron chi connectivity index (χ3n) is 4.18. The van der Waals surface area contributed by atoms with Gasteiger partial charge in [0.15, 0.2) is 0 Å². The van der Waals surface area contributed by atoms with E-state index < -0.39 is 0 Å². The van der Waals surface area contributed by atoms with Gasteiger partial charge in [0.2, 0.25) is 0 Å². The maximum Gasteiger partial charge on any atom is 0.129 e. The first kappa shape index (κ1) is 15.3. The maximum atomic E-state index is 14.2. The van der Waals surface area contributed by atoms with Crippen molar-refractivity contribution in [2.75, 3.05) is 11.9 Å². The van der Waals surface area contributed by atoms with E-state index in [4.69, 9.17) is 0 Å². The molecule has 1 aliphatic carbocycles. The van der Waals surface area contributed by atoms with Crippen molar-refractivity contribution in [3.63, 3.8) is 0 Å². The van der Waals surface area contributed by atoms with Gasteiger partial charge in [0.05, 0.1) is 0 Å². The van der Waals surface area contributed by atoms with E-state index in [1.807, 2.05) is 6.07 Å². The minimum atomic E-state index is -0.117. The first-order valence-electron chi connectivity index (χ1n) is 7.55. The van der Waals surface area contributed by atoms with Crippen LogP contribution in [0.1, 0.15) is 46.1 Å². The molecule has 0 amide bonds. The molecule has 1 atom stereocenters. The number of halogens is 1. The smallest absolute Gasteiger partial charge is 0.129 e. The van der Waals surface area contributed by atoms with Gasteiger partial charge in [-0.15, -0.1) is 0 Å². The predicted octanol–water partition coefficient (Wildman–Crippen LogP) is 3.95. The van der Waals surface area contributed by atoms with Gasteiger partial charge in [-0.2, -0.15) is 0 Å². The molecule has 1 saturated carbocycles. The molecule has 1 aliphatic rings. The van der Waals surface area contributed by atoms with Gasteiger partial charge in [-0.05, 0) is 58.6 Å². The SMILES string of the molecule is CC(C1CC1)N(C)c1cccc(F)c1CNC(C)(C)C. The second-order valence-electron chi connectivity index (χ2n) is 7.03. The molecule has 1 N–H and O–H groups in total. The molecule has 3 heteroatoms. The Balaban J connectivity index is 2.20. The van der Waals surface area contributed by atoms with Crippen LogP contribution in [0.5, 0.6) is 0 Å². The Kier molecular flexibility index (Phi) is 4.38. The van der Waals surface area contributed by atoms with Crippen molar-refractivity contribution in [1.29, 1.82) is 0 Å². The Morgan fingerprint density at radius 3 is 2.55 bits per heavy atom. The summed E-state index contributed by atoms with van der Waals surface area (Å²) in [6.45, 7) is 9.11. The van der Waals surface area contributed by atoms with Gasteiger partial charge in [-0.1, -0.05) is 6.07 Å². The maximum absolute atomic E-state index is 14.2. The van der Waals surface area contributed by atoms with Crippen LogP contribution < -0.4 is 10.2 Å². The molecule has 1 unspecified atom stereocenters. The summed E-state index contributed by atoms with van der Waals surface area (Å²) in [4.78, 5) is 2.24. The molecule has 2 rings (SSSR count). The van der Waals surface area contributed by atoms with Gasteiger partial charge in [0, 0.05) is 36.4 Å². The zero-order valence-electron chi connectivity index (χ0n) is 13.3. The zero-order valence-corrected chi connectivity index (χ0v) is 13.3. The number of hydrogen-bond acceptors (Lipinski definition) is 2. The lowest BCUT2D eigenvalue weighted by atomic mass is 10.1. The van der Waals surface area contributed by atoms with Crippen LogP contribution in [0.4, 0.5) is 10.1 Å². The van der Waals surface area contributed by atoms with Gasteiger partial charge in [-0.25, -0.2) is 4.39 Å². The molecule has 20 heavy (non-hydrogen) atoms. The van der Waals surface area contributed by atoms with E-state index in [0.29, 0.717) is 12.6 Å². The summed E-state index contributed by atoms with van der Waals surface area (Å²) >= 11 is 0. The van der Waals surface area contributed by atoms with Crippen molar-refractivity contribution >= 4 is 5.69 Å². The standard InChI is InChI=1S/C17H27FN2/c1-12(13-9-10-13)20(5)16-8-6-7-15(18)14(16)11-19-17(2,3)4/h6-8,12-13,19H,9-11H2,1-5H3.